The van der Waals surface area contributed by atoms with E-state index in [4.69, 9.17) is 18.6 Å². The average molecular weight is 445 g/mol. The van der Waals surface area contributed by atoms with Gasteiger partial charge in [-0.05, 0) is 80.8 Å². The van der Waals surface area contributed by atoms with Crippen molar-refractivity contribution in [3.05, 3.63) is 88.1 Å². The molecule has 0 aliphatic rings. The zero-order valence-electron chi connectivity index (χ0n) is 19.2. The Morgan fingerprint density at radius 3 is 2.09 bits per heavy atom. The number of fused-ring (bicyclic) bond motifs is 1. The van der Waals surface area contributed by atoms with Gasteiger partial charge < -0.3 is 18.6 Å². The summed E-state index contributed by atoms with van der Waals surface area (Å²) in [6, 6.07) is 20.9. The molecule has 0 atom stereocenters. The summed E-state index contributed by atoms with van der Waals surface area (Å²) in [6.07, 6.45) is 1.56. The lowest BCUT2D eigenvalue weighted by Gasteiger charge is -2.13. The van der Waals surface area contributed by atoms with E-state index in [-0.39, 0.29) is 11.2 Å². The Morgan fingerprint density at radius 2 is 1.39 bits per heavy atom. The molecule has 170 valence electrons. The molecule has 0 spiro atoms. The van der Waals surface area contributed by atoms with E-state index in [2.05, 4.69) is 0 Å². The second kappa shape index (κ2) is 10.3. The van der Waals surface area contributed by atoms with Crippen LogP contribution in [0, 0.1) is 13.8 Å². The molecule has 0 bridgehead atoms. The molecule has 0 saturated heterocycles. The van der Waals surface area contributed by atoms with Crippen molar-refractivity contribution in [3.63, 3.8) is 0 Å². The standard InChI is InChI=1S/C28H28O5/c1-19-6-11-23(12-7-19)31-16-4-5-17-32-28-26(29)24-15-8-20(2)18-25(24)33-27(28)21-9-13-22(30-3)14-10-21/h6-15,18H,4-5,16-17H2,1-3H3. The molecule has 0 aliphatic carbocycles. The number of hydrogen-bond donors (Lipinski definition) is 0. The fourth-order valence-corrected chi connectivity index (χ4v) is 3.55. The van der Waals surface area contributed by atoms with E-state index in [1.165, 1.54) is 5.56 Å². The second-order valence-electron chi connectivity index (χ2n) is 8.03. The van der Waals surface area contributed by atoms with Crippen LogP contribution >= 0.6 is 0 Å². The van der Waals surface area contributed by atoms with Crippen molar-refractivity contribution in [2.45, 2.75) is 26.7 Å². The van der Waals surface area contributed by atoms with E-state index >= 15 is 0 Å². The Morgan fingerprint density at radius 1 is 0.758 bits per heavy atom. The molecule has 0 aliphatic heterocycles. The monoisotopic (exact) mass is 444 g/mol. The third-order valence-electron chi connectivity index (χ3n) is 5.43. The van der Waals surface area contributed by atoms with Gasteiger partial charge >= 0.3 is 0 Å². The van der Waals surface area contributed by atoms with E-state index in [1.807, 2.05) is 74.5 Å². The van der Waals surface area contributed by atoms with Crippen LogP contribution in [0.2, 0.25) is 0 Å². The molecule has 1 heterocycles. The highest BCUT2D eigenvalue weighted by Gasteiger charge is 2.18. The molecule has 0 radical (unpaired) electrons. The Kier molecular flexibility index (Phi) is 6.98. The molecular weight excluding hydrogens is 416 g/mol. The molecule has 4 aromatic rings. The number of rotatable bonds is 9. The zero-order valence-corrected chi connectivity index (χ0v) is 19.2. The predicted molar refractivity (Wildman–Crippen MR) is 131 cm³/mol. The maximum absolute atomic E-state index is 13.3. The van der Waals surface area contributed by atoms with Gasteiger partial charge in [0.05, 0.1) is 25.7 Å². The number of unbranched alkanes of at least 4 members (excludes halogenated alkanes) is 1. The van der Waals surface area contributed by atoms with Gasteiger partial charge in [-0.15, -0.1) is 0 Å². The molecule has 0 saturated carbocycles. The van der Waals surface area contributed by atoms with Gasteiger partial charge in [-0.25, -0.2) is 0 Å². The lowest BCUT2D eigenvalue weighted by Crippen LogP contribution is -2.12. The third kappa shape index (κ3) is 5.37. The highest BCUT2D eigenvalue weighted by molar-refractivity contribution is 5.82. The topological polar surface area (TPSA) is 57.9 Å². The van der Waals surface area contributed by atoms with Crippen LogP contribution in [-0.4, -0.2) is 20.3 Å². The van der Waals surface area contributed by atoms with E-state index in [9.17, 15) is 4.79 Å². The Balaban J connectivity index is 1.50. The predicted octanol–water partition coefficient (Wildman–Crippen LogP) is 6.32. The van der Waals surface area contributed by atoms with Crippen molar-refractivity contribution in [2.75, 3.05) is 20.3 Å². The van der Waals surface area contributed by atoms with Crippen LogP contribution in [0.15, 0.2) is 75.9 Å². The van der Waals surface area contributed by atoms with Crippen molar-refractivity contribution in [1.29, 1.82) is 0 Å². The van der Waals surface area contributed by atoms with E-state index in [0.29, 0.717) is 29.9 Å². The van der Waals surface area contributed by atoms with Crippen LogP contribution in [0.1, 0.15) is 24.0 Å². The molecule has 0 unspecified atom stereocenters. The van der Waals surface area contributed by atoms with Crippen LogP contribution in [-0.2, 0) is 0 Å². The first kappa shape index (κ1) is 22.5. The van der Waals surface area contributed by atoms with Gasteiger partial charge in [-0.3, -0.25) is 4.79 Å². The number of benzene rings is 3. The minimum absolute atomic E-state index is 0.169. The molecule has 3 aromatic carbocycles. The zero-order chi connectivity index (χ0) is 23.2. The van der Waals surface area contributed by atoms with Crippen molar-refractivity contribution in [3.8, 4) is 28.6 Å². The summed E-state index contributed by atoms with van der Waals surface area (Å²) < 4.78 is 23.2. The number of methoxy groups -OCH3 is 1. The highest BCUT2D eigenvalue weighted by atomic mass is 16.5. The largest absolute Gasteiger partial charge is 0.497 e. The fraction of sp³-hybridized carbons (Fsp3) is 0.250. The van der Waals surface area contributed by atoms with Crippen LogP contribution in [0.25, 0.3) is 22.3 Å². The lowest BCUT2D eigenvalue weighted by atomic mass is 10.1. The molecule has 4 rings (SSSR count). The van der Waals surface area contributed by atoms with Gasteiger partial charge in [0.25, 0.3) is 0 Å². The highest BCUT2D eigenvalue weighted by Crippen LogP contribution is 2.32. The fourth-order valence-electron chi connectivity index (χ4n) is 3.55. The quantitative estimate of drug-likeness (QED) is 0.283. The number of aryl methyl sites for hydroxylation is 2. The normalized spacial score (nSPS) is 10.9. The average Bonchev–Trinajstić information content (AvgIpc) is 2.83. The van der Waals surface area contributed by atoms with Gasteiger partial charge in [0.15, 0.2) is 5.76 Å². The summed E-state index contributed by atoms with van der Waals surface area (Å²) >= 11 is 0. The van der Waals surface area contributed by atoms with Gasteiger partial charge in [0, 0.05) is 5.56 Å². The van der Waals surface area contributed by atoms with Gasteiger partial charge in [-0.2, -0.15) is 0 Å². The van der Waals surface area contributed by atoms with Crippen molar-refractivity contribution in [1.82, 2.24) is 0 Å². The smallest absolute Gasteiger partial charge is 0.235 e. The molecular formula is C28H28O5. The second-order valence-corrected chi connectivity index (χ2v) is 8.03. The van der Waals surface area contributed by atoms with Crippen LogP contribution in [0.3, 0.4) is 0 Å². The first-order valence-electron chi connectivity index (χ1n) is 11.1. The molecule has 33 heavy (non-hydrogen) atoms. The summed E-state index contributed by atoms with van der Waals surface area (Å²) in [5, 5.41) is 0.510. The Bertz CT molecular complexity index is 1270. The Hall–Kier alpha value is -3.73. The molecule has 5 nitrogen and oxygen atoms in total. The van der Waals surface area contributed by atoms with Crippen molar-refractivity contribution < 1.29 is 18.6 Å². The van der Waals surface area contributed by atoms with Crippen LogP contribution in [0.4, 0.5) is 0 Å². The summed E-state index contributed by atoms with van der Waals surface area (Å²) in [6.45, 7) is 4.99. The van der Waals surface area contributed by atoms with E-state index in [0.717, 1.165) is 35.5 Å². The molecule has 0 amide bonds. The minimum atomic E-state index is -0.169. The lowest BCUT2D eigenvalue weighted by molar-refractivity contribution is 0.263. The number of ether oxygens (including phenoxy) is 3. The summed E-state index contributed by atoms with van der Waals surface area (Å²) in [7, 11) is 1.62. The van der Waals surface area contributed by atoms with Gasteiger partial charge in [0.2, 0.25) is 11.2 Å². The first-order chi connectivity index (χ1) is 16.0. The molecule has 5 heteroatoms. The van der Waals surface area contributed by atoms with Crippen molar-refractivity contribution >= 4 is 11.0 Å². The summed E-state index contributed by atoms with van der Waals surface area (Å²) in [5.74, 6) is 2.25. The molecule has 1 aromatic heterocycles. The minimum Gasteiger partial charge on any atom is -0.497 e. The van der Waals surface area contributed by atoms with Crippen molar-refractivity contribution in [2.24, 2.45) is 0 Å². The van der Waals surface area contributed by atoms with Crippen LogP contribution in [0.5, 0.6) is 17.2 Å². The summed E-state index contributed by atoms with van der Waals surface area (Å²) in [5.41, 5.74) is 3.36. The summed E-state index contributed by atoms with van der Waals surface area (Å²) in [4.78, 5) is 13.3. The maximum atomic E-state index is 13.3. The Labute approximate surface area is 193 Å². The first-order valence-corrected chi connectivity index (χ1v) is 11.1. The van der Waals surface area contributed by atoms with Crippen LogP contribution < -0.4 is 19.6 Å². The number of hydrogen-bond acceptors (Lipinski definition) is 5. The maximum Gasteiger partial charge on any atom is 0.235 e. The molecule has 0 fully saturated rings. The van der Waals surface area contributed by atoms with E-state index < -0.39 is 0 Å². The van der Waals surface area contributed by atoms with Gasteiger partial charge in [0.1, 0.15) is 17.1 Å². The SMILES string of the molecule is COc1ccc(-c2oc3cc(C)ccc3c(=O)c2OCCCCOc2ccc(C)cc2)cc1. The van der Waals surface area contributed by atoms with Gasteiger partial charge in [-0.1, -0.05) is 23.8 Å². The molecule has 0 N–H and O–H groups in total. The van der Waals surface area contributed by atoms with E-state index in [1.54, 1.807) is 13.2 Å². The third-order valence-corrected chi connectivity index (χ3v) is 5.43.